The van der Waals surface area contributed by atoms with Crippen molar-refractivity contribution < 1.29 is 0 Å². The molecule has 2 heterocycles. The van der Waals surface area contributed by atoms with Crippen LogP contribution in [0.15, 0.2) is 42.6 Å². The first kappa shape index (κ1) is 12.7. The van der Waals surface area contributed by atoms with Crippen LogP contribution in [0.5, 0.6) is 0 Å². The van der Waals surface area contributed by atoms with Crippen molar-refractivity contribution in [3.8, 4) is 22.4 Å². The molecule has 0 aliphatic heterocycles. The fourth-order valence-corrected chi connectivity index (χ4v) is 2.30. The second-order valence-corrected chi connectivity index (χ2v) is 4.99. The van der Waals surface area contributed by atoms with E-state index in [1.54, 1.807) is 6.20 Å². The van der Waals surface area contributed by atoms with Crippen molar-refractivity contribution in [1.82, 2.24) is 15.2 Å². The van der Waals surface area contributed by atoms with Crippen molar-refractivity contribution >= 4 is 17.4 Å². The Bertz CT molecular complexity index is 747. The molecular weight excluding hydrogens is 272 g/mol. The van der Waals surface area contributed by atoms with E-state index in [9.17, 15) is 0 Å². The van der Waals surface area contributed by atoms with E-state index >= 15 is 0 Å². The fourth-order valence-electron chi connectivity index (χ4n) is 2.17. The molecule has 0 saturated carbocycles. The lowest BCUT2D eigenvalue weighted by atomic mass is 10.0. The molecule has 0 aliphatic carbocycles. The first-order chi connectivity index (χ1) is 9.65. The van der Waals surface area contributed by atoms with Crippen molar-refractivity contribution in [3.63, 3.8) is 0 Å². The van der Waals surface area contributed by atoms with E-state index < -0.39 is 0 Å². The molecule has 0 spiro atoms. The number of halogens is 1. The van der Waals surface area contributed by atoms with Crippen LogP contribution in [0.1, 0.15) is 5.69 Å². The van der Waals surface area contributed by atoms with Gasteiger partial charge in [-0.05, 0) is 36.8 Å². The second kappa shape index (κ2) is 4.98. The number of hydrogen-bond donors (Lipinski definition) is 2. The van der Waals surface area contributed by atoms with Crippen LogP contribution >= 0.6 is 11.6 Å². The number of H-pyrrole nitrogens is 1. The molecule has 3 N–H and O–H groups in total. The van der Waals surface area contributed by atoms with Gasteiger partial charge in [0.15, 0.2) is 5.82 Å². The van der Waals surface area contributed by atoms with E-state index in [2.05, 4.69) is 15.2 Å². The Balaban J connectivity index is 2.17. The van der Waals surface area contributed by atoms with Gasteiger partial charge in [-0.2, -0.15) is 5.10 Å². The van der Waals surface area contributed by atoms with E-state index in [0.29, 0.717) is 10.8 Å². The minimum Gasteiger partial charge on any atom is -0.382 e. The quantitative estimate of drug-likeness (QED) is 0.754. The Hall–Kier alpha value is -2.33. The smallest absolute Gasteiger partial charge is 0.153 e. The number of hydrogen-bond acceptors (Lipinski definition) is 3. The first-order valence-electron chi connectivity index (χ1n) is 6.18. The standard InChI is InChI=1S/C15H13ClN4/c1-9-8-11(6-7-18-9)14-13(15(17)20-19-14)10-2-4-12(16)5-3-10/h2-8H,1H3,(H3,17,19,20). The Morgan fingerprint density at radius 1 is 1.10 bits per heavy atom. The number of aryl methyl sites for hydroxylation is 1. The SMILES string of the molecule is Cc1cc(-c2[nH]nc(N)c2-c2ccc(Cl)cc2)ccn1. The van der Waals surface area contributed by atoms with Crippen molar-refractivity contribution in [2.24, 2.45) is 0 Å². The molecule has 0 saturated heterocycles. The van der Waals surface area contributed by atoms with Gasteiger partial charge in [-0.25, -0.2) is 0 Å². The number of nitrogens with zero attached hydrogens (tertiary/aromatic N) is 2. The average molecular weight is 285 g/mol. The lowest BCUT2D eigenvalue weighted by Crippen LogP contribution is -1.89. The van der Waals surface area contributed by atoms with Gasteiger partial charge in [-0.1, -0.05) is 23.7 Å². The zero-order valence-corrected chi connectivity index (χ0v) is 11.6. The van der Waals surface area contributed by atoms with Crippen molar-refractivity contribution in [3.05, 3.63) is 53.3 Å². The largest absolute Gasteiger partial charge is 0.382 e. The highest BCUT2D eigenvalue weighted by atomic mass is 35.5. The molecule has 5 heteroatoms. The molecule has 4 nitrogen and oxygen atoms in total. The van der Waals surface area contributed by atoms with Gasteiger partial charge in [0.2, 0.25) is 0 Å². The summed E-state index contributed by atoms with van der Waals surface area (Å²) in [5.74, 6) is 0.469. The van der Waals surface area contributed by atoms with Gasteiger partial charge < -0.3 is 5.73 Å². The van der Waals surface area contributed by atoms with Gasteiger partial charge in [-0.3, -0.25) is 10.1 Å². The second-order valence-electron chi connectivity index (χ2n) is 4.55. The zero-order chi connectivity index (χ0) is 14.1. The van der Waals surface area contributed by atoms with Crippen LogP contribution in [0.25, 0.3) is 22.4 Å². The highest BCUT2D eigenvalue weighted by molar-refractivity contribution is 6.30. The highest BCUT2D eigenvalue weighted by Crippen LogP contribution is 2.35. The molecule has 20 heavy (non-hydrogen) atoms. The molecule has 0 bridgehead atoms. The topological polar surface area (TPSA) is 67.6 Å². The monoisotopic (exact) mass is 284 g/mol. The van der Waals surface area contributed by atoms with Crippen LogP contribution in [0.3, 0.4) is 0 Å². The third-order valence-corrected chi connectivity index (χ3v) is 3.36. The summed E-state index contributed by atoms with van der Waals surface area (Å²) in [7, 11) is 0. The number of aromatic nitrogens is 3. The number of anilines is 1. The van der Waals surface area contributed by atoms with Crippen LogP contribution < -0.4 is 5.73 Å². The summed E-state index contributed by atoms with van der Waals surface area (Å²) >= 11 is 5.93. The van der Waals surface area contributed by atoms with Crippen molar-refractivity contribution in [1.29, 1.82) is 0 Å². The Morgan fingerprint density at radius 3 is 2.55 bits per heavy atom. The van der Waals surface area contributed by atoms with Crippen molar-refractivity contribution in [2.75, 3.05) is 5.73 Å². The van der Waals surface area contributed by atoms with Gasteiger partial charge in [0.1, 0.15) is 0 Å². The minimum absolute atomic E-state index is 0.469. The molecule has 3 aromatic rings. The molecule has 1 aromatic carbocycles. The van der Waals surface area contributed by atoms with Crippen molar-refractivity contribution in [2.45, 2.75) is 6.92 Å². The number of nitrogen functional groups attached to an aromatic ring is 1. The maximum absolute atomic E-state index is 6.00. The van der Waals surface area contributed by atoms with E-state index in [4.69, 9.17) is 17.3 Å². The summed E-state index contributed by atoms with van der Waals surface area (Å²) in [6, 6.07) is 11.5. The summed E-state index contributed by atoms with van der Waals surface area (Å²) in [6.07, 6.45) is 1.77. The van der Waals surface area contributed by atoms with Gasteiger partial charge >= 0.3 is 0 Å². The number of nitrogens with one attached hydrogen (secondary N) is 1. The van der Waals surface area contributed by atoms with Gasteiger partial charge in [0, 0.05) is 22.5 Å². The molecular formula is C15H13ClN4. The summed E-state index contributed by atoms with van der Waals surface area (Å²) in [5, 5.41) is 7.81. The van der Waals surface area contributed by atoms with Crippen LogP contribution in [-0.2, 0) is 0 Å². The normalized spacial score (nSPS) is 10.7. The molecule has 2 aromatic heterocycles. The predicted octanol–water partition coefficient (Wildman–Crippen LogP) is 3.68. The average Bonchev–Trinajstić information content (AvgIpc) is 2.82. The molecule has 0 atom stereocenters. The third kappa shape index (κ3) is 2.26. The minimum atomic E-state index is 0.469. The van der Waals surface area contributed by atoms with Gasteiger partial charge in [-0.15, -0.1) is 0 Å². The number of nitrogens with two attached hydrogens (primary N) is 1. The number of pyridine rings is 1. The van der Waals surface area contributed by atoms with Crippen LogP contribution in [0.2, 0.25) is 5.02 Å². The van der Waals surface area contributed by atoms with E-state index in [1.165, 1.54) is 0 Å². The Labute approximate surface area is 121 Å². The fraction of sp³-hybridized carbons (Fsp3) is 0.0667. The van der Waals surface area contributed by atoms with Crippen LogP contribution in [0, 0.1) is 6.92 Å². The van der Waals surface area contributed by atoms with Gasteiger partial charge in [0.25, 0.3) is 0 Å². The first-order valence-corrected chi connectivity index (χ1v) is 6.56. The lowest BCUT2D eigenvalue weighted by Gasteiger charge is -2.05. The maximum atomic E-state index is 6.00. The zero-order valence-electron chi connectivity index (χ0n) is 10.9. The Morgan fingerprint density at radius 2 is 1.85 bits per heavy atom. The predicted molar refractivity (Wildman–Crippen MR) is 81.4 cm³/mol. The van der Waals surface area contributed by atoms with Crippen LogP contribution in [0.4, 0.5) is 5.82 Å². The molecule has 0 aliphatic rings. The molecule has 100 valence electrons. The lowest BCUT2D eigenvalue weighted by molar-refractivity contribution is 1.10. The number of benzene rings is 1. The summed E-state index contributed by atoms with van der Waals surface area (Å²) in [6.45, 7) is 1.95. The van der Waals surface area contributed by atoms with Gasteiger partial charge in [0.05, 0.1) is 11.3 Å². The van der Waals surface area contributed by atoms with Crippen LogP contribution in [-0.4, -0.2) is 15.2 Å². The molecule has 0 unspecified atom stereocenters. The third-order valence-electron chi connectivity index (χ3n) is 3.11. The molecule has 3 rings (SSSR count). The number of rotatable bonds is 2. The summed E-state index contributed by atoms with van der Waals surface area (Å²) in [4.78, 5) is 4.20. The summed E-state index contributed by atoms with van der Waals surface area (Å²) < 4.78 is 0. The molecule has 0 fully saturated rings. The van der Waals surface area contributed by atoms with E-state index in [0.717, 1.165) is 28.1 Å². The number of aromatic amines is 1. The van der Waals surface area contributed by atoms with E-state index in [-0.39, 0.29) is 0 Å². The summed E-state index contributed by atoms with van der Waals surface area (Å²) in [5.41, 5.74) is 10.7. The molecule has 0 radical (unpaired) electrons. The molecule has 0 amide bonds. The Kier molecular flexibility index (Phi) is 3.16. The highest BCUT2D eigenvalue weighted by Gasteiger charge is 2.14. The maximum Gasteiger partial charge on any atom is 0.153 e. The van der Waals surface area contributed by atoms with E-state index in [1.807, 2.05) is 43.3 Å².